The van der Waals surface area contributed by atoms with E-state index in [1.807, 2.05) is 44.2 Å². The number of hydrogen-bond donors (Lipinski definition) is 6. The molecule has 4 rings (SSSR count). The highest BCUT2D eigenvalue weighted by Crippen LogP contribution is 2.59. The van der Waals surface area contributed by atoms with E-state index in [2.05, 4.69) is 59.0 Å². The second-order valence-electron chi connectivity index (χ2n) is 16.9. The maximum Gasteiger partial charge on any atom is 0.407 e. The number of ketones is 1. The summed E-state index contributed by atoms with van der Waals surface area (Å²) in [6.45, 7) is 13.0. The van der Waals surface area contributed by atoms with Gasteiger partial charge in [0.15, 0.2) is 0 Å². The lowest BCUT2D eigenvalue weighted by molar-refractivity contribution is -0.128. The Labute approximate surface area is 344 Å². The van der Waals surface area contributed by atoms with Crippen LogP contribution >= 0.6 is 0 Å². The number of rotatable bonds is 25. The Kier molecular flexibility index (Phi) is 18.1. The molecular weight excluding hydrogens is 745 g/mol. The van der Waals surface area contributed by atoms with Gasteiger partial charge in [-0.3, -0.25) is 19.2 Å². The van der Waals surface area contributed by atoms with Crippen LogP contribution in [0.25, 0.3) is 0 Å². The summed E-state index contributed by atoms with van der Waals surface area (Å²) >= 11 is 0. The minimum absolute atomic E-state index is 0.0324. The van der Waals surface area contributed by atoms with Crippen LogP contribution in [-0.2, 0) is 44.5 Å². The number of carbonyl (C=O) groups is 5. The van der Waals surface area contributed by atoms with Crippen LogP contribution in [0, 0.1) is 11.8 Å². The first-order valence-corrected chi connectivity index (χ1v) is 21.0. The van der Waals surface area contributed by atoms with Gasteiger partial charge in [0, 0.05) is 20.2 Å². The summed E-state index contributed by atoms with van der Waals surface area (Å²) in [7, 11) is 1.66. The molecule has 1 spiro atoms. The molecule has 6 N–H and O–H groups in total. The average Bonchev–Trinajstić information content (AvgIpc) is 4.11. The number of hydrogen-bond acceptors (Lipinski definition) is 11. The smallest absolute Gasteiger partial charge is 0.407 e. The van der Waals surface area contributed by atoms with E-state index in [-0.39, 0.29) is 66.2 Å². The van der Waals surface area contributed by atoms with E-state index < -0.39 is 29.9 Å². The molecule has 2 aliphatic heterocycles. The number of unbranched alkanes of at least 4 members (excludes halogenated alkanes) is 3. The van der Waals surface area contributed by atoms with Gasteiger partial charge < -0.3 is 40.2 Å². The minimum Gasteiger partial charge on any atom is -0.443 e. The van der Waals surface area contributed by atoms with Gasteiger partial charge in [0.1, 0.15) is 41.3 Å². The van der Waals surface area contributed by atoms with E-state index in [0.29, 0.717) is 39.0 Å². The van der Waals surface area contributed by atoms with Crippen LogP contribution in [0.5, 0.6) is 0 Å². The monoisotopic (exact) mass is 813 g/mol. The molecule has 2 heterocycles. The van der Waals surface area contributed by atoms with Gasteiger partial charge in [-0.2, -0.15) is 0 Å². The highest BCUT2D eigenvalue weighted by atomic mass is 16.6. The number of benzene rings is 1. The lowest BCUT2D eigenvalue weighted by atomic mass is 9.68. The average molecular weight is 813 g/mol. The molecule has 0 bridgehead atoms. The summed E-state index contributed by atoms with van der Waals surface area (Å²) < 4.78 is 24.1. The fourth-order valence-corrected chi connectivity index (χ4v) is 7.92. The van der Waals surface area contributed by atoms with E-state index in [1.165, 1.54) is 12.5 Å². The Hall–Kier alpha value is -3.89. The first kappa shape index (κ1) is 46.8. The van der Waals surface area contributed by atoms with Crippen molar-refractivity contribution < 1.29 is 42.9 Å². The molecule has 4 unspecified atom stereocenters. The van der Waals surface area contributed by atoms with Crippen molar-refractivity contribution in [1.82, 2.24) is 32.1 Å². The number of allylic oxidation sites excluding steroid dienone is 1. The molecule has 8 atom stereocenters. The number of hydrazine groups is 1. The van der Waals surface area contributed by atoms with Crippen LogP contribution in [-0.4, -0.2) is 111 Å². The fourth-order valence-electron chi connectivity index (χ4n) is 7.92. The Balaban J connectivity index is 1.10. The topological polar surface area (TPSA) is 201 Å². The predicted octanol–water partition coefficient (Wildman–Crippen LogP) is 3.41. The Morgan fingerprint density at radius 2 is 1.52 bits per heavy atom. The number of methoxy groups -OCH3 is 1. The number of epoxide rings is 2. The zero-order valence-electron chi connectivity index (χ0n) is 35.6. The first-order chi connectivity index (χ1) is 27.7. The molecule has 58 heavy (non-hydrogen) atoms. The predicted molar refractivity (Wildman–Crippen MR) is 219 cm³/mol. The van der Waals surface area contributed by atoms with Crippen LogP contribution in [0.1, 0.15) is 98.5 Å². The summed E-state index contributed by atoms with van der Waals surface area (Å²) in [4.78, 5) is 62.9. The Bertz CT molecular complexity index is 1550. The number of amides is 4. The molecule has 4 amide bonds. The highest BCUT2D eigenvalue weighted by molar-refractivity contribution is 5.88. The molecule has 1 saturated carbocycles. The number of alkyl carbamates (subject to hydrolysis) is 1. The molecule has 0 aromatic heterocycles. The van der Waals surface area contributed by atoms with Gasteiger partial charge >= 0.3 is 6.09 Å². The molecule has 2 saturated heterocycles. The van der Waals surface area contributed by atoms with Crippen molar-refractivity contribution in [2.24, 2.45) is 11.8 Å². The Morgan fingerprint density at radius 1 is 0.879 bits per heavy atom. The van der Waals surface area contributed by atoms with Crippen molar-refractivity contribution in [1.29, 1.82) is 0 Å². The van der Waals surface area contributed by atoms with E-state index in [0.717, 1.165) is 44.1 Å². The summed E-state index contributed by atoms with van der Waals surface area (Å²) in [5.74, 6) is -1.10. The summed E-state index contributed by atoms with van der Waals surface area (Å²) in [6, 6.07) is 7.97. The van der Waals surface area contributed by atoms with Crippen LogP contribution in [0.2, 0.25) is 0 Å². The van der Waals surface area contributed by atoms with E-state index in [9.17, 15) is 24.0 Å². The molecule has 1 aromatic rings. The van der Waals surface area contributed by atoms with Crippen molar-refractivity contribution in [3.05, 3.63) is 47.5 Å². The SMILES string of the molecule is COC1C(OC(=O)NCCCCCCNC(=O)CNC(=O)[C@H](CC(C)C)NN[C@@H](Cc2ccccc2)C(=O)NCC(C)=O)CC[C@]2(CO2)C1C1(C)O[C@@H]1CC=C(C)C. The number of Topliss-reactive ketones (excluding diaryl/α,β-unsaturated/α-hetero) is 1. The second-order valence-corrected chi connectivity index (χ2v) is 16.9. The number of nitrogens with one attached hydrogen (secondary N) is 6. The third-order valence-electron chi connectivity index (χ3n) is 11.2. The molecule has 0 radical (unpaired) electrons. The van der Waals surface area contributed by atoms with Crippen LogP contribution < -0.4 is 32.1 Å². The van der Waals surface area contributed by atoms with Crippen LogP contribution in [0.15, 0.2) is 42.0 Å². The third-order valence-corrected chi connectivity index (χ3v) is 11.2. The van der Waals surface area contributed by atoms with Gasteiger partial charge in [-0.05, 0) is 84.1 Å². The highest BCUT2D eigenvalue weighted by Gasteiger charge is 2.72. The van der Waals surface area contributed by atoms with E-state index >= 15 is 0 Å². The molecule has 15 nitrogen and oxygen atoms in total. The zero-order valence-corrected chi connectivity index (χ0v) is 35.6. The number of carbonyl (C=O) groups excluding carboxylic acids is 5. The molecule has 3 aliphatic rings. The van der Waals surface area contributed by atoms with Gasteiger partial charge in [-0.15, -0.1) is 0 Å². The third kappa shape index (κ3) is 14.4. The van der Waals surface area contributed by atoms with Gasteiger partial charge in [0.05, 0.1) is 31.7 Å². The molecular formula is C43H68N6O9. The van der Waals surface area contributed by atoms with Gasteiger partial charge in [0.2, 0.25) is 17.7 Å². The minimum atomic E-state index is -0.751. The van der Waals surface area contributed by atoms with E-state index in [4.69, 9.17) is 18.9 Å². The zero-order chi connectivity index (χ0) is 42.3. The van der Waals surface area contributed by atoms with Crippen molar-refractivity contribution >= 4 is 29.6 Å². The normalized spacial score (nSPS) is 25.6. The van der Waals surface area contributed by atoms with E-state index in [1.54, 1.807) is 7.11 Å². The van der Waals surface area contributed by atoms with Gasteiger partial charge in [0.25, 0.3) is 0 Å². The summed E-state index contributed by atoms with van der Waals surface area (Å²) in [5, 5.41) is 11.1. The lowest BCUT2D eigenvalue weighted by Gasteiger charge is -2.42. The molecule has 324 valence electrons. The van der Waals surface area contributed by atoms with Crippen LogP contribution in [0.3, 0.4) is 0 Å². The first-order valence-electron chi connectivity index (χ1n) is 21.0. The van der Waals surface area contributed by atoms with Crippen molar-refractivity contribution in [2.45, 2.75) is 141 Å². The maximum atomic E-state index is 13.1. The quantitative estimate of drug-likeness (QED) is 0.0366. The Morgan fingerprint density at radius 3 is 2.14 bits per heavy atom. The van der Waals surface area contributed by atoms with Crippen molar-refractivity contribution in [3.8, 4) is 0 Å². The second kappa shape index (κ2) is 22.5. The van der Waals surface area contributed by atoms with Crippen molar-refractivity contribution in [3.63, 3.8) is 0 Å². The molecule has 1 aliphatic carbocycles. The fraction of sp³-hybridized carbons (Fsp3) is 0.698. The maximum absolute atomic E-state index is 13.1. The molecule has 3 fully saturated rings. The largest absolute Gasteiger partial charge is 0.443 e. The lowest BCUT2D eigenvalue weighted by Crippen LogP contribution is -2.58. The standard InChI is InChI=1S/C43H68N6O9/c1-28(2)17-18-35-42(6,58-35)38-37(55-7)34(19-20-43(38)27-56-43)57-41(54)45-22-14-9-8-13-21-44-36(51)26-47-39(52)32(23-29(3)4)48-49-33(40(53)46-25-30(5)50)24-31-15-11-10-12-16-31/h10-12,15-17,29,32-35,37-38,48-49H,8-9,13-14,18-27H2,1-7H3,(H,44,51)(H,45,54)(H,46,53)(H,47,52)/t32-,33-,34?,35+,37?,38?,42?,43-/m0/s1. The van der Waals surface area contributed by atoms with Gasteiger partial charge in [-0.25, -0.2) is 15.6 Å². The van der Waals surface area contributed by atoms with Crippen molar-refractivity contribution in [2.75, 3.05) is 39.9 Å². The molecule has 15 heteroatoms. The summed E-state index contributed by atoms with van der Waals surface area (Å²) in [6.07, 6.45) is 7.39. The van der Waals surface area contributed by atoms with Crippen LogP contribution in [0.4, 0.5) is 4.79 Å². The van der Waals surface area contributed by atoms with Gasteiger partial charge in [-0.1, -0.05) is 68.7 Å². The molecule has 1 aromatic carbocycles. The number of ether oxygens (including phenoxy) is 4. The summed E-state index contributed by atoms with van der Waals surface area (Å²) in [5.41, 5.74) is 7.49.